The molecule has 2 aliphatic rings. The molecule has 222 valence electrons. The number of nitrogens with one attached hydrogen (secondary N) is 2. The molecule has 12 heteroatoms. The second-order valence-corrected chi connectivity index (χ2v) is 10.8. The van der Waals surface area contributed by atoms with Gasteiger partial charge in [-0.25, -0.2) is 19.9 Å². The molecule has 1 aromatic carbocycles. The van der Waals surface area contributed by atoms with Crippen molar-refractivity contribution in [1.29, 1.82) is 0 Å². The first-order chi connectivity index (χ1) is 20.9. The molecule has 5 heterocycles. The van der Waals surface area contributed by atoms with Gasteiger partial charge >= 0.3 is 0 Å². The lowest BCUT2D eigenvalue weighted by Gasteiger charge is -2.37. The number of hydrogen-bond donors (Lipinski definition) is 3. The monoisotopic (exact) mass is 581 g/mol. The number of nitrogen functional groups attached to an aromatic ring is 1. The average molecular weight is 582 g/mol. The quantitative estimate of drug-likeness (QED) is 0.268. The lowest BCUT2D eigenvalue weighted by Crippen LogP contribution is -2.52. The van der Waals surface area contributed by atoms with E-state index in [0.29, 0.717) is 48.6 Å². The van der Waals surface area contributed by atoms with Crippen LogP contribution in [0.5, 0.6) is 11.5 Å². The van der Waals surface area contributed by atoms with E-state index in [1.165, 1.54) is 0 Å². The molecular formula is C31H35N9O3. The molecule has 0 spiro atoms. The number of amides is 1. The normalized spacial score (nSPS) is 16.7. The number of aromatic nitrogens is 4. The summed E-state index contributed by atoms with van der Waals surface area (Å²) < 4.78 is 11.9. The van der Waals surface area contributed by atoms with Gasteiger partial charge in [-0.1, -0.05) is 12.1 Å². The van der Waals surface area contributed by atoms with Crippen LogP contribution in [0, 0.1) is 0 Å². The van der Waals surface area contributed by atoms with Crippen molar-refractivity contribution in [2.75, 3.05) is 63.3 Å². The van der Waals surface area contributed by atoms with Crippen molar-refractivity contribution >= 4 is 23.5 Å². The van der Waals surface area contributed by atoms with E-state index in [4.69, 9.17) is 15.2 Å². The Morgan fingerprint density at radius 1 is 1.12 bits per heavy atom. The standard InChI is InChI=1S/C31H35N9O3/c1-39-11-12-40(2)22(18-39)19-43-23-6-7-27(34-16-23)38-30(41)21-5-3-4-20(14-21)15-35-29-24-9-13-42-28(24)25(17-36-29)26-8-10-33-31(32)37-26/h3-8,10,14,16-17,22H,9,11-13,15,18-19H2,1-2H3,(H,35,36)(H2,32,33,37)(H,34,38,41). The zero-order chi connectivity index (χ0) is 29.8. The zero-order valence-corrected chi connectivity index (χ0v) is 24.3. The van der Waals surface area contributed by atoms with Crippen molar-refractivity contribution in [2.24, 2.45) is 0 Å². The number of nitrogens with zero attached hydrogens (tertiary/aromatic N) is 6. The van der Waals surface area contributed by atoms with Gasteiger partial charge in [0, 0.05) is 56.1 Å². The SMILES string of the molecule is CN1CCN(C)C(COc2ccc(NC(=O)c3cccc(CNc4ncc(-c5ccnc(N)n5)c5c4CCO5)c3)nc2)C1. The van der Waals surface area contributed by atoms with Gasteiger partial charge in [-0.3, -0.25) is 9.69 Å². The number of hydrogen-bond acceptors (Lipinski definition) is 11. The smallest absolute Gasteiger partial charge is 0.256 e. The molecule has 6 rings (SSSR count). The highest BCUT2D eigenvalue weighted by molar-refractivity contribution is 6.03. The Hall–Kier alpha value is -4.81. The highest BCUT2D eigenvalue weighted by Crippen LogP contribution is 2.39. The van der Waals surface area contributed by atoms with Crippen molar-refractivity contribution in [2.45, 2.75) is 19.0 Å². The molecule has 12 nitrogen and oxygen atoms in total. The molecule has 0 saturated carbocycles. The minimum atomic E-state index is -0.240. The van der Waals surface area contributed by atoms with Crippen LogP contribution in [0.15, 0.2) is 61.1 Å². The van der Waals surface area contributed by atoms with E-state index in [1.54, 1.807) is 36.8 Å². The summed E-state index contributed by atoms with van der Waals surface area (Å²) in [6, 6.07) is 13.1. The summed E-state index contributed by atoms with van der Waals surface area (Å²) in [6.45, 7) is 4.68. The van der Waals surface area contributed by atoms with E-state index in [-0.39, 0.29) is 11.9 Å². The summed E-state index contributed by atoms with van der Waals surface area (Å²) in [7, 11) is 4.25. The number of anilines is 3. The molecule has 4 aromatic rings. The predicted molar refractivity (Wildman–Crippen MR) is 164 cm³/mol. The fourth-order valence-electron chi connectivity index (χ4n) is 5.26. The van der Waals surface area contributed by atoms with Gasteiger partial charge in [-0.2, -0.15) is 0 Å². The van der Waals surface area contributed by atoms with Crippen molar-refractivity contribution in [3.63, 3.8) is 0 Å². The zero-order valence-electron chi connectivity index (χ0n) is 24.3. The molecular weight excluding hydrogens is 546 g/mol. The first-order valence-electron chi connectivity index (χ1n) is 14.3. The first-order valence-corrected chi connectivity index (χ1v) is 14.3. The Morgan fingerprint density at radius 2 is 2.02 bits per heavy atom. The second-order valence-electron chi connectivity index (χ2n) is 10.8. The number of nitrogens with two attached hydrogens (primary N) is 1. The Balaban J connectivity index is 1.06. The summed E-state index contributed by atoms with van der Waals surface area (Å²) in [5.41, 5.74) is 9.67. The number of fused-ring (bicyclic) bond motifs is 1. The Labute approximate surface area is 250 Å². The summed E-state index contributed by atoms with van der Waals surface area (Å²) in [5.74, 6) is 2.58. The van der Waals surface area contributed by atoms with Crippen molar-refractivity contribution < 1.29 is 14.3 Å². The molecule has 1 amide bonds. The number of carbonyl (C=O) groups excluding carboxylic acids is 1. The van der Waals surface area contributed by atoms with Crippen LogP contribution in [0.1, 0.15) is 21.5 Å². The van der Waals surface area contributed by atoms with Crippen molar-refractivity contribution in [1.82, 2.24) is 29.7 Å². The average Bonchev–Trinajstić information content (AvgIpc) is 3.52. The topological polar surface area (TPSA) is 144 Å². The maximum atomic E-state index is 13.0. The van der Waals surface area contributed by atoms with Crippen LogP contribution >= 0.6 is 0 Å². The minimum absolute atomic E-state index is 0.198. The van der Waals surface area contributed by atoms with Gasteiger partial charge in [0.15, 0.2) is 0 Å². The highest BCUT2D eigenvalue weighted by atomic mass is 16.5. The highest BCUT2D eigenvalue weighted by Gasteiger charge is 2.24. The summed E-state index contributed by atoms with van der Waals surface area (Å²) in [4.78, 5) is 34.9. The minimum Gasteiger partial charge on any atom is -0.492 e. The number of ether oxygens (including phenoxy) is 2. The molecule has 0 aliphatic carbocycles. The fraction of sp³-hybridized carbons (Fsp3) is 0.323. The molecule has 1 fully saturated rings. The number of carbonyl (C=O) groups is 1. The van der Waals surface area contributed by atoms with Crippen LogP contribution in [-0.2, 0) is 13.0 Å². The van der Waals surface area contributed by atoms with Crippen LogP contribution in [0.25, 0.3) is 11.3 Å². The number of likely N-dealkylation sites (N-methyl/N-ethyl adjacent to an activating group) is 2. The third-order valence-electron chi connectivity index (χ3n) is 7.73. The summed E-state index contributed by atoms with van der Waals surface area (Å²) in [6.07, 6.45) is 5.72. The molecule has 43 heavy (non-hydrogen) atoms. The molecule has 3 aromatic heterocycles. The molecule has 2 aliphatic heterocycles. The van der Waals surface area contributed by atoms with E-state index in [9.17, 15) is 4.79 Å². The van der Waals surface area contributed by atoms with Crippen molar-refractivity contribution in [3.8, 4) is 22.8 Å². The van der Waals surface area contributed by atoms with Crippen LogP contribution < -0.4 is 25.8 Å². The van der Waals surface area contributed by atoms with Crippen molar-refractivity contribution in [3.05, 3.63) is 77.7 Å². The van der Waals surface area contributed by atoms with Crippen LogP contribution in [0.4, 0.5) is 17.6 Å². The molecule has 1 unspecified atom stereocenters. The molecule has 1 atom stereocenters. The number of pyridine rings is 2. The summed E-state index contributed by atoms with van der Waals surface area (Å²) in [5, 5.41) is 6.28. The van der Waals surface area contributed by atoms with Crippen LogP contribution in [0.3, 0.4) is 0 Å². The van der Waals surface area contributed by atoms with Gasteiger partial charge in [0.2, 0.25) is 5.95 Å². The maximum absolute atomic E-state index is 13.0. The van der Waals surface area contributed by atoms with Gasteiger partial charge in [0.1, 0.15) is 29.7 Å². The maximum Gasteiger partial charge on any atom is 0.256 e. The Morgan fingerprint density at radius 3 is 2.86 bits per heavy atom. The number of benzene rings is 1. The third-order valence-corrected chi connectivity index (χ3v) is 7.73. The largest absolute Gasteiger partial charge is 0.492 e. The Bertz CT molecular complexity index is 1600. The van der Waals surface area contributed by atoms with E-state index in [1.807, 2.05) is 24.3 Å². The Kier molecular flexibility index (Phi) is 8.29. The van der Waals surface area contributed by atoms with E-state index in [2.05, 4.69) is 54.5 Å². The first kappa shape index (κ1) is 28.3. The number of piperazine rings is 1. The molecule has 0 bridgehead atoms. The molecule has 1 saturated heterocycles. The van der Waals surface area contributed by atoms with Gasteiger partial charge in [-0.05, 0) is 50.0 Å². The lowest BCUT2D eigenvalue weighted by atomic mass is 10.1. The lowest BCUT2D eigenvalue weighted by molar-refractivity contribution is 0.0780. The van der Waals surface area contributed by atoms with Crippen LogP contribution in [0.2, 0.25) is 0 Å². The second kappa shape index (κ2) is 12.6. The van der Waals surface area contributed by atoms with E-state index < -0.39 is 0 Å². The van der Waals surface area contributed by atoms with Gasteiger partial charge in [0.05, 0.1) is 30.1 Å². The molecule has 0 radical (unpaired) electrons. The summed E-state index contributed by atoms with van der Waals surface area (Å²) >= 11 is 0. The molecule has 4 N–H and O–H groups in total. The predicted octanol–water partition coefficient (Wildman–Crippen LogP) is 2.94. The fourth-order valence-corrected chi connectivity index (χ4v) is 5.26. The van der Waals surface area contributed by atoms with E-state index >= 15 is 0 Å². The van der Waals surface area contributed by atoms with Gasteiger partial charge in [0.25, 0.3) is 5.91 Å². The van der Waals surface area contributed by atoms with Gasteiger partial charge < -0.3 is 30.7 Å². The third kappa shape index (κ3) is 6.65. The number of rotatable bonds is 9. The van der Waals surface area contributed by atoms with Gasteiger partial charge in [-0.15, -0.1) is 0 Å². The van der Waals surface area contributed by atoms with Crippen LogP contribution in [-0.4, -0.2) is 88.6 Å². The van der Waals surface area contributed by atoms with E-state index in [0.717, 1.165) is 54.3 Å².